The van der Waals surface area contributed by atoms with Crippen molar-refractivity contribution in [1.82, 2.24) is 24.6 Å². The highest BCUT2D eigenvalue weighted by Gasteiger charge is 2.24. The van der Waals surface area contributed by atoms with Crippen LogP contribution in [0.15, 0.2) is 29.3 Å². The maximum atomic E-state index is 4.37. The lowest BCUT2D eigenvalue weighted by Crippen LogP contribution is -2.21. The first-order valence-electron chi connectivity index (χ1n) is 6.40. The summed E-state index contributed by atoms with van der Waals surface area (Å²) in [5, 5.41) is 4.37. The molecule has 0 aliphatic carbocycles. The molecule has 0 N–H and O–H groups in total. The van der Waals surface area contributed by atoms with Crippen LogP contribution in [0.2, 0.25) is 0 Å². The van der Waals surface area contributed by atoms with E-state index in [-0.39, 0.29) is 0 Å². The second-order valence-electron chi connectivity index (χ2n) is 4.95. The van der Waals surface area contributed by atoms with Crippen molar-refractivity contribution in [3.05, 3.63) is 40.6 Å². The molecule has 3 heterocycles. The molecule has 1 unspecified atom stereocenters. The molecular weight excluding hydrogens is 306 g/mol. The van der Waals surface area contributed by atoms with Crippen molar-refractivity contribution in [2.75, 3.05) is 13.1 Å². The Labute approximate surface area is 120 Å². The zero-order valence-corrected chi connectivity index (χ0v) is 12.4. The van der Waals surface area contributed by atoms with Crippen LogP contribution >= 0.6 is 15.9 Å². The fourth-order valence-corrected chi connectivity index (χ4v) is 2.75. The summed E-state index contributed by atoms with van der Waals surface area (Å²) < 4.78 is 3.09. The molecule has 1 atom stereocenters. The predicted octanol–water partition coefficient (Wildman–Crippen LogP) is 2.19. The number of aryl methyl sites for hydroxylation is 1. The molecule has 6 heteroatoms. The van der Waals surface area contributed by atoms with E-state index in [0.717, 1.165) is 36.4 Å². The van der Waals surface area contributed by atoms with E-state index in [4.69, 9.17) is 0 Å². The summed E-state index contributed by atoms with van der Waals surface area (Å²) >= 11 is 3.44. The number of nitrogens with zero attached hydrogens (tertiary/aromatic N) is 5. The molecule has 1 saturated heterocycles. The minimum Gasteiger partial charge on any atom is -0.297 e. The van der Waals surface area contributed by atoms with Crippen molar-refractivity contribution in [3.63, 3.8) is 0 Å². The van der Waals surface area contributed by atoms with Crippen molar-refractivity contribution in [2.24, 2.45) is 0 Å². The first-order valence-corrected chi connectivity index (χ1v) is 7.19. The van der Waals surface area contributed by atoms with Gasteiger partial charge in [-0.3, -0.25) is 9.58 Å². The van der Waals surface area contributed by atoms with Gasteiger partial charge < -0.3 is 0 Å². The fraction of sp³-hybridized carbons (Fsp3) is 0.462. The first kappa shape index (κ1) is 12.7. The highest BCUT2D eigenvalue weighted by molar-refractivity contribution is 9.10. The van der Waals surface area contributed by atoms with E-state index in [9.17, 15) is 0 Å². The third-order valence-electron chi connectivity index (χ3n) is 3.43. The minimum atomic E-state index is 0.470. The van der Waals surface area contributed by atoms with Crippen LogP contribution < -0.4 is 0 Å². The lowest BCUT2D eigenvalue weighted by molar-refractivity contribution is 0.311. The van der Waals surface area contributed by atoms with E-state index in [1.54, 1.807) is 0 Å². The summed E-state index contributed by atoms with van der Waals surface area (Å²) in [6.45, 7) is 4.95. The van der Waals surface area contributed by atoms with Crippen LogP contribution in [0.4, 0.5) is 0 Å². The van der Waals surface area contributed by atoms with Gasteiger partial charge in [0.05, 0.1) is 16.7 Å². The van der Waals surface area contributed by atoms with Crippen LogP contribution in [0.25, 0.3) is 0 Å². The van der Waals surface area contributed by atoms with Crippen LogP contribution in [-0.4, -0.2) is 37.7 Å². The Morgan fingerprint density at radius 3 is 2.79 bits per heavy atom. The molecule has 2 aromatic heterocycles. The van der Waals surface area contributed by atoms with Crippen molar-refractivity contribution in [1.29, 1.82) is 0 Å². The maximum absolute atomic E-state index is 4.37. The third kappa shape index (κ3) is 3.01. The first-order chi connectivity index (χ1) is 9.20. The van der Waals surface area contributed by atoms with Gasteiger partial charge in [-0.05, 0) is 29.3 Å². The summed E-state index contributed by atoms with van der Waals surface area (Å²) in [6.07, 6.45) is 8.86. The summed E-state index contributed by atoms with van der Waals surface area (Å²) in [4.78, 5) is 10.9. The Balaban J connectivity index is 1.61. The molecule has 3 rings (SSSR count). The second-order valence-corrected chi connectivity index (χ2v) is 5.87. The predicted molar refractivity (Wildman–Crippen MR) is 75.6 cm³/mol. The van der Waals surface area contributed by atoms with Crippen LogP contribution in [0.5, 0.6) is 0 Å². The van der Waals surface area contributed by atoms with Crippen LogP contribution in [0.3, 0.4) is 0 Å². The average Bonchev–Trinajstić information content (AvgIpc) is 3.01. The summed E-state index contributed by atoms with van der Waals surface area (Å²) in [5.74, 6) is 0.824. The smallest absolute Gasteiger partial charge is 0.125 e. The third-order valence-corrected chi connectivity index (χ3v) is 3.84. The van der Waals surface area contributed by atoms with Gasteiger partial charge in [0, 0.05) is 43.8 Å². The molecular formula is C13H16BrN5. The molecule has 0 bridgehead atoms. The standard InChI is InChI=1S/C13H16BrN5/c1-10-15-4-11(5-16-10)7-18-3-2-13(9-18)19-8-12(14)6-17-19/h4-6,8,13H,2-3,7,9H2,1H3. The van der Waals surface area contributed by atoms with Gasteiger partial charge in [0.1, 0.15) is 5.82 Å². The molecule has 0 amide bonds. The van der Waals surface area contributed by atoms with Gasteiger partial charge in [0.2, 0.25) is 0 Å². The number of hydrogen-bond acceptors (Lipinski definition) is 4. The minimum absolute atomic E-state index is 0.470. The fourth-order valence-electron chi connectivity index (χ4n) is 2.45. The zero-order valence-electron chi connectivity index (χ0n) is 10.8. The molecule has 19 heavy (non-hydrogen) atoms. The van der Waals surface area contributed by atoms with Gasteiger partial charge in [-0.1, -0.05) is 0 Å². The number of hydrogen-bond donors (Lipinski definition) is 0. The zero-order chi connectivity index (χ0) is 13.2. The van der Waals surface area contributed by atoms with E-state index in [2.05, 4.69) is 40.6 Å². The Hall–Kier alpha value is -1.27. The second kappa shape index (κ2) is 5.38. The molecule has 0 aromatic carbocycles. The van der Waals surface area contributed by atoms with Gasteiger partial charge in [-0.2, -0.15) is 5.10 Å². The summed E-state index contributed by atoms with van der Waals surface area (Å²) in [6, 6.07) is 0.470. The van der Waals surface area contributed by atoms with Crippen LogP contribution in [0.1, 0.15) is 23.9 Å². The molecule has 0 saturated carbocycles. The van der Waals surface area contributed by atoms with Gasteiger partial charge >= 0.3 is 0 Å². The molecule has 1 aliphatic heterocycles. The van der Waals surface area contributed by atoms with Gasteiger partial charge in [-0.15, -0.1) is 0 Å². The lowest BCUT2D eigenvalue weighted by atomic mass is 10.3. The molecule has 2 aromatic rings. The van der Waals surface area contributed by atoms with Crippen molar-refractivity contribution in [2.45, 2.75) is 25.9 Å². The Bertz CT molecular complexity index is 550. The largest absolute Gasteiger partial charge is 0.297 e. The van der Waals surface area contributed by atoms with Gasteiger partial charge in [-0.25, -0.2) is 9.97 Å². The van der Waals surface area contributed by atoms with Crippen molar-refractivity contribution >= 4 is 15.9 Å². The van der Waals surface area contributed by atoms with Gasteiger partial charge in [0.25, 0.3) is 0 Å². The number of likely N-dealkylation sites (tertiary alicyclic amines) is 1. The SMILES string of the molecule is Cc1ncc(CN2CCC(n3cc(Br)cn3)C2)cn1. The Kier molecular flexibility index (Phi) is 3.61. The van der Waals surface area contributed by atoms with Crippen LogP contribution in [0, 0.1) is 6.92 Å². The van der Waals surface area contributed by atoms with Crippen molar-refractivity contribution < 1.29 is 0 Å². The molecule has 5 nitrogen and oxygen atoms in total. The molecule has 0 radical (unpaired) electrons. The van der Waals surface area contributed by atoms with Crippen molar-refractivity contribution in [3.8, 4) is 0 Å². The quantitative estimate of drug-likeness (QED) is 0.869. The highest BCUT2D eigenvalue weighted by Crippen LogP contribution is 2.23. The molecule has 0 spiro atoms. The van der Waals surface area contributed by atoms with E-state index < -0.39 is 0 Å². The topological polar surface area (TPSA) is 46.8 Å². The average molecular weight is 322 g/mol. The molecule has 1 aliphatic rings. The Morgan fingerprint density at radius 2 is 2.11 bits per heavy atom. The van der Waals surface area contributed by atoms with Gasteiger partial charge in [0.15, 0.2) is 0 Å². The highest BCUT2D eigenvalue weighted by atomic mass is 79.9. The van der Waals surface area contributed by atoms with E-state index in [1.807, 2.05) is 31.7 Å². The lowest BCUT2D eigenvalue weighted by Gasteiger charge is -2.15. The summed E-state index contributed by atoms with van der Waals surface area (Å²) in [5.41, 5.74) is 1.17. The maximum Gasteiger partial charge on any atom is 0.125 e. The van der Waals surface area contributed by atoms with E-state index >= 15 is 0 Å². The monoisotopic (exact) mass is 321 g/mol. The number of aromatic nitrogens is 4. The van der Waals surface area contributed by atoms with E-state index in [1.165, 1.54) is 5.56 Å². The summed E-state index contributed by atoms with van der Waals surface area (Å²) in [7, 11) is 0. The Morgan fingerprint density at radius 1 is 1.32 bits per heavy atom. The molecule has 1 fully saturated rings. The molecule has 100 valence electrons. The van der Waals surface area contributed by atoms with E-state index in [0.29, 0.717) is 6.04 Å². The number of halogens is 1. The van der Waals surface area contributed by atoms with Crippen LogP contribution in [-0.2, 0) is 6.54 Å². The number of rotatable bonds is 3. The normalized spacial score (nSPS) is 20.0.